The molecule has 0 saturated carbocycles. The van der Waals surface area contributed by atoms with E-state index < -0.39 is 0 Å². The number of hydrogen-bond acceptors (Lipinski definition) is 2. The van der Waals surface area contributed by atoms with Crippen molar-refractivity contribution in [3.05, 3.63) is 64.9 Å². The molecule has 3 aromatic rings. The van der Waals surface area contributed by atoms with Gasteiger partial charge in [-0.05, 0) is 29.8 Å². The van der Waals surface area contributed by atoms with Crippen molar-refractivity contribution in [3.8, 4) is 0 Å². The number of nitrogens with one attached hydrogen (secondary N) is 1. The third-order valence-corrected chi connectivity index (χ3v) is 4.85. The van der Waals surface area contributed by atoms with Gasteiger partial charge in [-0.25, -0.2) is 4.98 Å². The van der Waals surface area contributed by atoms with Crippen molar-refractivity contribution in [2.75, 3.05) is 26.3 Å². The SMILES string of the molecule is Clc1ccc(Cn2c(C[NH+]3CCOCC3)nc3ccccc32)cc1. The molecular weight excluding hydrogens is 322 g/mol. The van der Waals surface area contributed by atoms with Crippen molar-refractivity contribution in [3.63, 3.8) is 0 Å². The Morgan fingerprint density at radius 3 is 2.58 bits per heavy atom. The first-order valence-corrected chi connectivity index (χ1v) is 8.77. The van der Waals surface area contributed by atoms with Crippen LogP contribution in [0.15, 0.2) is 48.5 Å². The van der Waals surface area contributed by atoms with Crippen molar-refractivity contribution in [1.29, 1.82) is 0 Å². The standard InChI is InChI=1S/C19H20ClN3O/c20-16-7-5-15(6-8-16)13-23-18-4-2-1-3-17(18)21-19(23)14-22-9-11-24-12-10-22/h1-8H,9-14H2/p+1. The number of quaternary nitrogens is 1. The van der Waals surface area contributed by atoms with Crippen molar-refractivity contribution in [2.45, 2.75) is 13.1 Å². The van der Waals surface area contributed by atoms with Crippen LogP contribution in [0, 0.1) is 0 Å². The second-order valence-electron chi connectivity index (χ2n) is 6.27. The number of hydrogen-bond donors (Lipinski definition) is 1. The summed E-state index contributed by atoms with van der Waals surface area (Å²) >= 11 is 6.01. The Balaban J connectivity index is 1.68. The van der Waals surface area contributed by atoms with Crippen LogP contribution in [-0.4, -0.2) is 35.9 Å². The normalized spacial score (nSPS) is 15.9. The molecule has 0 radical (unpaired) electrons. The van der Waals surface area contributed by atoms with Crippen LogP contribution < -0.4 is 4.90 Å². The first kappa shape index (κ1) is 15.6. The highest BCUT2D eigenvalue weighted by molar-refractivity contribution is 6.30. The number of morpholine rings is 1. The van der Waals surface area contributed by atoms with Crippen LogP contribution in [0.1, 0.15) is 11.4 Å². The van der Waals surface area contributed by atoms with E-state index in [0.717, 1.165) is 55.8 Å². The maximum atomic E-state index is 6.01. The molecule has 5 heteroatoms. The predicted octanol–water partition coefficient (Wildman–Crippen LogP) is 2.15. The number of rotatable bonds is 4. The fourth-order valence-electron chi connectivity index (χ4n) is 3.27. The fraction of sp³-hybridized carbons (Fsp3) is 0.316. The van der Waals surface area contributed by atoms with Gasteiger partial charge < -0.3 is 14.2 Å². The Morgan fingerprint density at radius 2 is 1.79 bits per heavy atom. The van der Waals surface area contributed by atoms with Gasteiger partial charge in [0.1, 0.15) is 19.6 Å². The molecule has 2 heterocycles. The molecular formula is C19H21ClN3O+. The van der Waals surface area contributed by atoms with E-state index in [0.29, 0.717) is 0 Å². The maximum absolute atomic E-state index is 6.01. The predicted molar refractivity (Wildman–Crippen MR) is 95.5 cm³/mol. The number of nitrogens with zero attached hydrogens (tertiary/aromatic N) is 2. The molecule has 1 aliphatic heterocycles. The summed E-state index contributed by atoms with van der Waals surface area (Å²) in [5, 5.41) is 0.771. The minimum absolute atomic E-state index is 0.771. The average Bonchev–Trinajstić information content (AvgIpc) is 2.95. The molecule has 0 unspecified atom stereocenters. The number of ether oxygens (including phenoxy) is 1. The monoisotopic (exact) mass is 342 g/mol. The highest BCUT2D eigenvalue weighted by atomic mass is 35.5. The Hall–Kier alpha value is -1.88. The van der Waals surface area contributed by atoms with Crippen molar-refractivity contribution in [1.82, 2.24) is 9.55 Å². The van der Waals surface area contributed by atoms with Crippen molar-refractivity contribution >= 4 is 22.6 Å². The Morgan fingerprint density at radius 1 is 1.04 bits per heavy atom. The maximum Gasteiger partial charge on any atom is 0.165 e. The minimum Gasteiger partial charge on any atom is -0.370 e. The molecule has 1 aliphatic rings. The van der Waals surface area contributed by atoms with Gasteiger partial charge in [-0.1, -0.05) is 35.9 Å². The van der Waals surface area contributed by atoms with Gasteiger partial charge in [-0.2, -0.15) is 0 Å². The second kappa shape index (κ2) is 6.93. The molecule has 1 N–H and O–H groups in total. The molecule has 24 heavy (non-hydrogen) atoms. The smallest absolute Gasteiger partial charge is 0.165 e. The van der Waals surface area contributed by atoms with Gasteiger partial charge in [0.2, 0.25) is 0 Å². The second-order valence-corrected chi connectivity index (χ2v) is 6.70. The van der Waals surface area contributed by atoms with Crippen LogP contribution in [0.2, 0.25) is 5.02 Å². The van der Waals surface area contributed by atoms with E-state index in [1.54, 1.807) is 0 Å². The van der Waals surface area contributed by atoms with Crippen molar-refractivity contribution in [2.24, 2.45) is 0 Å². The van der Waals surface area contributed by atoms with E-state index in [9.17, 15) is 0 Å². The number of halogens is 1. The van der Waals surface area contributed by atoms with Crippen LogP contribution in [0.3, 0.4) is 0 Å². The van der Waals surface area contributed by atoms with Crippen LogP contribution in [0.5, 0.6) is 0 Å². The van der Waals surface area contributed by atoms with E-state index in [1.165, 1.54) is 16.0 Å². The van der Waals surface area contributed by atoms with Gasteiger partial charge in [0.25, 0.3) is 0 Å². The number of aromatic nitrogens is 2. The van der Waals surface area contributed by atoms with E-state index in [2.05, 4.69) is 34.9 Å². The van der Waals surface area contributed by atoms with E-state index in [1.807, 2.05) is 18.2 Å². The lowest BCUT2D eigenvalue weighted by Crippen LogP contribution is -3.12. The molecule has 124 valence electrons. The number of benzene rings is 2. The van der Waals surface area contributed by atoms with E-state index in [4.69, 9.17) is 21.3 Å². The van der Waals surface area contributed by atoms with Gasteiger partial charge in [-0.15, -0.1) is 0 Å². The molecule has 4 nitrogen and oxygen atoms in total. The van der Waals surface area contributed by atoms with Crippen molar-refractivity contribution < 1.29 is 9.64 Å². The van der Waals surface area contributed by atoms with Gasteiger partial charge in [0.15, 0.2) is 5.82 Å². The first-order chi connectivity index (χ1) is 11.8. The van der Waals surface area contributed by atoms with E-state index >= 15 is 0 Å². The quantitative estimate of drug-likeness (QED) is 0.788. The summed E-state index contributed by atoms with van der Waals surface area (Å²) in [6.07, 6.45) is 0. The highest BCUT2D eigenvalue weighted by Crippen LogP contribution is 2.18. The summed E-state index contributed by atoms with van der Waals surface area (Å²) in [5.41, 5.74) is 3.49. The Kier molecular flexibility index (Phi) is 4.52. The lowest BCUT2D eigenvalue weighted by molar-refractivity contribution is -0.922. The molecule has 2 aromatic carbocycles. The first-order valence-electron chi connectivity index (χ1n) is 8.39. The van der Waals surface area contributed by atoms with Gasteiger partial charge >= 0.3 is 0 Å². The lowest BCUT2D eigenvalue weighted by Gasteiger charge is -2.23. The zero-order valence-electron chi connectivity index (χ0n) is 13.5. The van der Waals surface area contributed by atoms with Crippen LogP contribution in [0.4, 0.5) is 0 Å². The summed E-state index contributed by atoms with van der Waals surface area (Å²) in [7, 11) is 0. The average molecular weight is 343 g/mol. The minimum atomic E-state index is 0.771. The number of imidazole rings is 1. The largest absolute Gasteiger partial charge is 0.370 e. The summed E-state index contributed by atoms with van der Waals surface area (Å²) in [4.78, 5) is 6.43. The summed E-state index contributed by atoms with van der Waals surface area (Å²) in [6, 6.07) is 16.4. The zero-order valence-corrected chi connectivity index (χ0v) is 14.3. The molecule has 1 fully saturated rings. The lowest BCUT2D eigenvalue weighted by atomic mass is 10.2. The zero-order chi connectivity index (χ0) is 16.4. The molecule has 0 aliphatic carbocycles. The molecule has 1 saturated heterocycles. The van der Waals surface area contributed by atoms with Crippen LogP contribution in [0.25, 0.3) is 11.0 Å². The Bertz CT molecular complexity index is 822. The molecule has 0 bridgehead atoms. The molecule has 0 atom stereocenters. The molecule has 0 spiro atoms. The molecule has 1 aromatic heterocycles. The topological polar surface area (TPSA) is 31.5 Å². The van der Waals surface area contributed by atoms with Gasteiger partial charge in [-0.3, -0.25) is 0 Å². The molecule has 4 rings (SSSR count). The summed E-state index contributed by atoms with van der Waals surface area (Å²) in [5.74, 6) is 1.14. The number of fused-ring (bicyclic) bond motifs is 1. The molecule has 0 amide bonds. The van der Waals surface area contributed by atoms with Crippen LogP contribution >= 0.6 is 11.6 Å². The highest BCUT2D eigenvalue weighted by Gasteiger charge is 2.19. The van der Waals surface area contributed by atoms with Crippen LogP contribution in [-0.2, 0) is 17.8 Å². The summed E-state index contributed by atoms with van der Waals surface area (Å²) < 4.78 is 7.81. The third-order valence-electron chi connectivity index (χ3n) is 4.60. The summed E-state index contributed by atoms with van der Waals surface area (Å²) in [6.45, 7) is 5.52. The number of para-hydroxylation sites is 2. The Labute approximate surface area is 146 Å². The van der Waals surface area contributed by atoms with Gasteiger partial charge in [0.05, 0.1) is 24.2 Å². The van der Waals surface area contributed by atoms with Gasteiger partial charge in [0, 0.05) is 11.6 Å². The third kappa shape index (κ3) is 3.31. The van der Waals surface area contributed by atoms with E-state index in [-0.39, 0.29) is 0 Å². The fourth-order valence-corrected chi connectivity index (χ4v) is 3.40.